The number of aromatic nitrogens is 1. The van der Waals surface area contributed by atoms with Crippen molar-refractivity contribution in [2.45, 2.75) is 19.9 Å². The van der Waals surface area contributed by atoms with Crippen molar-refractivity contribution in [2.75, 3.05) is 20.2 Å². The first-order valence-corrected chi connectivity index (χ1v) is 5.72. The van der Waals surface area contributed by atoms with Gasteiger partial charge in [-0.2, -0.15) is 0 Å². The van der Waals surface area contributed by atoms with Gasteiger partial charge >= 0.3 is 0 Å². The molecule has 0 spiro atoms. The van der Waals surface area contributed by atoms with E-state index < -0.39 is 0 Å². The third-order valence-electron chi connectivity index (χ3n) is 2.35. The number of hydrogen-bond donors (Lipinski definition) is 2. The molecule has 1 aromatic heterocycles. The predicted octanol–water partition coefficient (Wildman–Crippen LogP) is 1.66. The zero-order valence-electron chi connectivity index (χ0n) is 11.3. The number of likely N-dealkylation sites (N-methyl/N-ethyl adjacent to an activating group) is 1. The fraction of sp³-hybridized carbons (Fsp3) is 0.500. The van der Waals surface area contributed by atoms with Gasteiger partial charge in [0.25, 0.3) is 5.91 Å². The summed E-state index contributed by atoms with van der Waals surface area (Å²) in [6, 6.07) is 3.71. The highest BCUT2D eigenvalue weighted by molar-refractivity contribution is 5.94. The van der Waals surface area contributed by atoms with Crippen LogP contribution in [0.15, 0.2) is 18.3 Å². The summed E-state index contributed by atoms with van der Waals surface area (Å²) in [5.41, 5.74) is 0.331. The van der Waals surface area contributed by atoms with Crippen LogP contribution in [0, 0.1) is 0 Å². The molecule has 1 atom stereocenters. The maximum Gasteiger partial charge on any atom is 0.273 e. The van der Waals surface area contributed by atoms with Crippen LogP contribution in [-0.2, 0) is 0 Å². The molecule has 0 aromatic carbocycles. The normalized spacial score (nSPS) is 10.7. The Morgan fingerprint density at radius 2 is 2.16 bits per heavy atom. The number of pyridine rings is 1. The molecule has 0 aliphatic rings. The van der Waals surface area contributed by atoms with Crippen molar-refractivity contribution in [2.24, 2.45) is 0 Å². The van der Waals surface area contributed by atoms with Crippen LogP contribution in [-0.4, -0.2) is 37.1 Å². The third-order valence-corrected chi connectivity index (χ3v) is 2.35. The van der Waals surface area contributed by atoms with Gasteiger partial charge in [0.1, 0.15) is 0 Å². The molecule has 0 aliphatic carbocycles. The number of ether oxygens (including phenoxy) is 1. The highest BCUT2D eigenvalue weighted by Gasteiger charge is 2.13. The Morgan fingerprint density at radius 3 is 2.74 bits per heavy atom. The van der Waals surface area contributed by atoms with E-state index in [1.54, 1.807) is 18.3 Å². The number of nitrogens with zero attached hydrogens (tertiary/aromatic N) is 1. The molecule has 0 aliphatic heterocycles. The van der Waals surface area contributed by atoms with Crippen molar-refractivity contribution in [3.8, 4) is 5.75 Å². The number of hydrogen-bond acceptors (Lipinski definition) is 4. The van der Waals surface area contributed by atoms with Crippen molar-refractivity contribution in [1.29, 1.82) is 0 Å². The molecule has 1 aromatic rings. The van der Waals surface area contributed by atoms with Gasteiger partial charge in [-0.3, -0.25) is 4.79 Å². The molecule has 0 saturated carbocycles. The average Bonchev–Trinajstić information content (AvgIpc) is 2.36. The van der Waals surface area contributed by atoms with Crippen LogP contribution in [0.3, 0.4) is 0 Å². The Kier molecular flexibility index (Phi) is 11.6. The van der Waals surface area contributed by atoms with Crippen molar-refractivity contribution in [3.63, 3.8) is 0 Å². The van der Waals surface area contributed by atoms with Gasteiger partial charge < -0.3 is 15.4 Å². The van der Waals surface area contributed by atoms with E-state index >= 15 is 0 Å². The van der Waals surface area contributed by atoms with Crippen molar-refractivity contribution >= 4 is 30.7 Å². The second-order valence-corrected chi connectivity index (χ2v) is 3.68. The molecule has 0 saturated heterocycles. The van der Waals surface area contributed by atoms with E-state index in [0.29, 0.717) is 24.6 Å². The highest BCUT2D eigenvalue weighted by atomic mass is 35.5. The van der Waals surface area contributed by atoms with Crippen LogP contribution in [0.25, 0.3) is 0 Å². The summed E-state index contributed by atoms with van der Waals surface area (Å²) in [6.07, 6.45) is 1.58. The van der Waals surface area contributed by atoms with Gasteiger partial charge in [0, 0.05) is 18.8 Å². The standard InChI is InChI=1S/C12H19N3O2.2ClH/c1-4-17-10-6-5-7-14-11(10)12(16)15-8-9(2)13-3;;/h5-7,9,13H,4,8H2,1-3H3,(H,15,16);2*1H. The van der Waals surface area contributed by atoms with Crippen LogP contribution >= 0.6 is 24.8 Å². The van der Waals surface area contributed by atoms with E-state index in [0.717, 1.165) is 0 Å². The fourth-order valence-electron chi connectivity index (χ4n) is 1.26. The van der Waals surface area contributed by atoms with Gasteiger partial charge in [-0.15, -0.1) is 24.8 Å². The van der Waals surface area contributed by atoms with Gasteiger partial charge in [0.15, 0.2) is 11.4 Å². The van der Waals surface area contributed by atoms with Gasteiger partial charge in [0.05, 0.1) is 6.61 Å². The lowest BCUT2D eigenvalue weighted by Crippen LogP contribution is -2.37. The largest absolute Gasteiger partial charge is 0.491 e. The minimum absolute atomic E-state index is 0. The molecular formula is C12H21Cl2N3O2. The molecule has 110 valence electrons. The van der Waals surface area contributed by atoms with Crippen LogP contribution in [0.4, 0.5) is 0 Å². The minimum atomic E-state index is -0.212. The summed E-state index contributed by atoms with van der Waals surface area (Å²) in [5.74, 6) is 0.306. The number of rotatable bonds is 6. The number of carbonyl (C=O) groups excluding carboxylic acids is 1. The van der Waals surface area contributed by atoms with Crippen molar-refractivity contribution < 1.29 is 9.53 Å². The summed E-state index contributed by atoms with van der Waals surface area (Å²) < 4.78 is 5.35. The third kappa shape index (κ3) is 6.61. The lowest BCUT2D eigenvalue weighted by atomic mass is 10.3. The van der Waals surface area contributed by atoms with Crippen LogP contribution < -0.4 is 15.4 Å². The van der Waals surface area contributed by atoms with Crippen LogP contribution in [0.1, 0.15) is 24.3 Å². The first-order chi connectivity index (χ1) is 8.19. The van der Waals surface area contributed by atoms with Crippen LogP contribution in [0.2, 0.25) is 0 Å². The fourth-order valence-corrected chi connectivity index (χ4v) is 1.26. The van der Waals surface area contributed by atoms with Crippen molar-refractivity contribution in [1.82, 2.24) is 15.6 Å². The Labute approximate surface area is 126 Å². The summed E-state index contributed by atoms with van der Waals surface area (Å²) in [7, 11) is 1.85. The summed E-state index contributed by atoms with van der Waals surface area (Å²) in [4.78, 5) is 15.9. The smallest absolute Gasteiger partial charge is 0.273 e. The van der Waals surface area contributed by atoms with Crippen LogP contribution in [0.5, 0.6) is 5.75 Å². The van der Waals surface area contributed by atoms with Crippen molar-refractivity contribution in [3.05, 3.63) is 24.0 Å². The second-order valence-electron chi connectivity index (χ2n) is 3.68. The zero-order valence-corrected chi connectivity index (χ0v) is 12.9. The minimum Gasteiger partial charge on any atom is -0.491 e. The summed E-state index contributed by atoms with van der Waals surface area (Å²) >= 11 is 0. The molecular weight excluding hydrogens is 289 g/mol. The van der Waals surface area contributed by atoms with E-state index in [4.69, 9.17) is 4.74 Å². The number of nitrogens with one attached hydrogen (secondary N) is 2. The summed E-state index contributed by atoms with van der Waals surface area (Å²) in [5, 5.41) is 5.85. The van der Waals surface area contributed by atoms with E-state index in [1.807, 2.05) is 20.9 Å². The second kappa shape index (κ2) is 10.8. The molecule has 5 nitrogen and oxygen atoms in total. The Bertz CT molecular complexity index is 378. The maximum atomic E-state index is 11.9. The quantitative estimate of drug-likeness (QED) is 0.839. The first-order valence-electron chi connectivity index (χ1n) is 5.72. The number of amides is 1. The lowest BCUT2D eigenvalue weighted by Gasteiger charge is -2.12. The van der Waals surface area contributed by atoms with Gasteiger partial charge in [-0.1, -0.05) is 0 Å². The molecule has 0 fully saturated rings. The molecule has 0 radical (unpaired) electrons. The zero-order chi connectivity index (χ0) is 12.7. The number of carbonyl (C=O) groups is 1. The van der Waals surface area contributed by atoms with E-state index in [1.165, 1.54) is 0 Å². The average molecular weight is 310 g/mol. The SMILES string of the molecule is CCOc1cccnc1C(=O)NCC(C)NC.Cl.Cl. The molecule has 0 bridgehead atoms. The molecule has 1 rings (SSSR count). The molecule has 2 N–H and O–H groups in total. The van der Waals surface area contributed by atoms with Gasteiger partial charge in [-0.25, -0.2) is 4.98 Å². The number of halogens is 2. The molecule has 19 heavy (non-hydrogen) atoms. The van der Waals surface area contributed by atoms with Gasteiger partial charge in [0.2, 0.25) is 0 Å². The molecule has 7 heteroatoms. The van der Waals surface area contributed by atoms with E-state index in [-0.39, 0.29) is 36.8 Å². The van der Waals surface area contributed by atoms with Gasteiger partial charge in [-0.05, 0) is 33.0 Å². The molecule has 1 unspecified atom stereocenters. The van der Waals surface area contributed by atoms with E-state index in [9.17, 15) is 4.79 Å². The maximum absolute atomic E-state index is 11.9. The monoisotopic (exact) mass is 309 g/mol. The molecule has 1 amide bonds. The lowest BCUT2D eigenvalue weighted by molar-refractivity contribution is 0.0941. The highest BCUT2D eigenvalue weighted by Crippen LogP contribution is 2.14. The van der Waals surface area contributed by atoms with E-state index in [2.05, 4.69) is 15.6 Å². The Morgan fingerprint density at radius 1 is 1.47 bits per heavy atom. The first kappa shape index (κ1) is 20.3. The predicted molar refractivity (Wildman–Crippen MR) is 80.8 cm³/mol. The Hall–Kier alpha value is -1.04. The topological polar surface area (TPSA) is 63.2 Å². The molecule has 1 heterocycles. The Balaban J connectivity index is 0. The summed E-state index contributed by atoms with van der Waals surface area (Å²) in [6.45, 7) is 4.93.